The zero-order chi connectivity index (χ0) is 7.66. The van der Waals surface area contributed by atoms with Gasteiger partial charge in [-0.25, -0.2) is 9.78 Å². The first-order valence-corrected chi connectivity index (χ1v) is 3.38. The molecular weight excluding hydrogens is 136 g/mol. The molecule has 0 aromatic carbocycles. The third-order valence-corrected chi connectivity index (χ3v) is 0.889. The van der Waals surface area contributed by atoms with Crippen LogP contribution in [0.3, 0.4) is 0 Å². The van der Waals surface area contributed by atoms with Crippen molar-refractivity contribution in [1.29, 1.82) is 0 Å². The summed E-state index contributed by atoms with van der Waals surface area (Å²) in [7, 11) is 0. The Morgan fingerprint density at radius 3 is 1.40 bits per heavy atom. The Morgan fingerprint density at radius 1 is 0.900 bits per heavy atom. The quantitative estimate of drug-likeness (QED) is 0.504. The van der Waals surface area contributed by atoms with E-state index in [1.54, 1.807) is 0 Å². The number of hydrogen-bond donors (Lipinski definition) is 2. The van der Waals surface area contributed by atoms with E-state index in [0.29, 0.717) is 0 Å². The van der Waals surface area contributed by atoms with E-state index in [0.717, 1.165) is 26.1 Å². The average Bonchev–Trinajstić information content (AvgIpc) is 2.08. The van der Waals surface area contributed by atoms with Gasteiger partial charge in [0.1, 0.15) is 0 Å². The lowest BCUT2D eigenvalue weighted by molar-refractivity contribution is -0.312. The molecule has 0 unspecified atom stereocenters. The van der Waals surface area contributed by atoms with Crippen molar-refractivity contribution >= 4 is 0 Å². The van der Waals surface area contributed by atoms with Crippen molar-refractivity contribution in [2.45, 2.75) is 12.8 Å². The van der Waals surface area contributed by atoms with E-state index in [9.17, 15) is 0 Å². The molecule has 0 saturated carbocycles. The minimum Gasteiger partial charge on any atom is -0.394 e. The molecule has 0 atom stereocenters. The van der Waals surface area contributed by atoms with Gasteiger partial charge < -0.3 is 10.2 Å². The van der Waals surface area contributed by atoms with Crippen LogP contribution in [-0.2, 0) is 9.78 Å². The maximum atomic E-state index is 7.62. The molecular formula is C6H14O4. The highest BCUT2D eigenvalue weighted by Gasteiger charge is 1.95. The summed E-state index contributed by atoms with van der Waals surface area (Å²) >= 11 is 0. The fourth-order valence-electron chi connectivity index (χ4n) is 0.440. The van der Waals surface area contributed by atoms with E-state index in [-0.39, 0.29) is 13.2 Å². The number of aliphatic hydroxyl groups excluding tert-OH is 2. The number of hydrogen-bond acceptors (Lipinski definition) is 4. The monoisotopic (exact) mass is 150 g/mol. The Labute approximate surface area is 60.3 Å². The predicted molar refractivity (Wildman–Crippen MR) is 35.3 cm³/mol. The highest BCUT2D eigenvalue weighted by atomic mass is 17.2. The summed E-state index contributed by atoms with van der Waals surface area (Å²) in [5, 5.41) is 15.2. The minimum absolute atomic E-state index is 0.125. The third kappa shape index (κ3) is 7.84. The van der Waals surface area contributed by atoms with Gasteiger partial charge in [-0.3, -0.25) is 0 Å². The van der Waals surface area contributed by atoms with Crippen molar-refractivity contribution in [3.05, 3.63) is 0 Å². The molecule has 1 heterocycles. The highest BCUT2D eigenvalue weighted by molar-refractivity contribution is 4.36. The molecule has 0 amide bonds. The summed E-state index contributed by atoms with van der Waals surface area (Å²) in [4.78, 5) is 9.14. The molecule has 1 saturated heterocycles. The van der Waals surface area contributed by atoms with Gasteiger partial charge in [0.25, 0.3) is 0 Å². The van der Waals surface area contributed by atoms with Gasteiger partial charge in [-0.05, 0) is 12.8 Å². The van der Waals surface area contributed by atoms with E-state index in [4.69, 9.17) is 10.2 Å². The van der Waals surface area contributed by atoms with Crippen LogP contribution in [0.1, 0.15) is 12.8 Å². The SMILES string of the molecule is C1CCOOC1.OCCO. The Hall–Kier alpha value is -0.160. The fourth-order valence-corrected chi connectivity index (χ4v) is 0.440. The van der Waals surface area contributed by atoms with E-state index in [1.165, 1.54) is 0 Å². The van der Waals surface area contributed by atoms with Gasteiger partial charge in [0.05, 0.1) is 26.4 Å². The van der Waals surface area contributed by atoms with Crippen molar-refractivity contribution in [3.8, 4) is 0 Å². The summed E-state index contributed by atoms with van der Waals surface area (Å²) in [5.41, 5.74) is 0. The second-order valence-electron chi connectivity index (χ2n) is 1.80. The van der Waals surface area contributed by atoms with Crippen LogP contribution in [0.5, 0.6) is 0 Å². The van der Waals surface area contributed by atoms with Crippen molar-refractivity contribution in [1.82, 2.24) is 0 Å². The van der Waals surface area contributed by atoms with Crippen LogP contribution in [0.25, 0.3) is 0 Å². The van der Waals surface area contributed by atoms with Crippen LogP contribution >= 0.6 is 0 Å². The van der Waals surface area contributed by atoms with Crippen molar-refractivity contribution in [3.63, 3.8) is 0 Å². The molecule has 1 aliphatic heterocycles. The predicted octanol–water partition coefficient (Wildman–Crippen LogP) is -0.301. The van der Waals surface area contributed by atoms with Gasteiger partial charge in [-0.2, -0.15) is 0 Å². The van der Waals surface area contributed by atoms with Crippen LogP contribution in [-0.4, -0.2) is 36.6 Å². The summed E-state index contributed by atoms with van der Waals surface area (Å²) in [6, 6.07) is 0. The molecule has 1 fully saturated rings. The first-order valence-electron chi connectivity index (χ1n) is 3.38. The molecule has 0 radical (unpaired) electrons. The van der Waals surface area contributed by atoms with E-state index >= 15 is 0 Å². The van der Waals surface area contributed by atoms with Crippen molar-refractivity contribution in [2.75, 3.05) is 26.4 Å². The standard InChI is InChI=1S/C4H8O2.C2H6O2/c1-2-4-6-5-3-1;3-1-2-4/h1-4H2;3-4H,1-2H2. The molecule has 62 valence electrons. The Kier molecular flexibility index (Phi) is 8.70. The molecule has 1 rings (SSSR count). The maximum Gasteiger partial charge on any atom is 0.0823 e. The van der Waals surface area contributed by atoms with Crippen LogP contribution in [0.4, 0.5) is 0 Å². The van der Waals surface area contributed by atoms with E-state index in [1.807, 2.05) is 0 Å². The van der Waals surface area contributed by atoms with Crippen LogP contribution in [0.2, 0.25) is 0 Å². The molecule has 0 aliphatic carbocycles. The summed E-state index contributed by atoms with van der Waals surface area (Å²) < 4.78 is 0. The lowest BCUT2D eigenvalue weighted by atomic mass is 10.3. The van der Waals surface area contributed by atoms with Crippen LogP contribution in [0, 0.1) is 0 Å². The Morgan fingerprint density at radius 2 is 1.30 bits per heavy atom. The second kappa shape index (κ2) is 8.84. The lowest BCUT2D eigenvalue weighted by Gasteiger charge is -2.07. The molecule has 0 spiro atoms. The summed E-state index contributed by atoms with van der Waals surface area (Å²) in [6.45, 7) is 1.31. The van der Waals surface area contributed by atoms with Gasteiger partial charge in [0.15, 0.2) is 0 Å². The van der Waals surface area contributed by atoms with E-state index in [2.05, 4.69) is 9.78 Å². The fraction of sp³-hybridized carbons (Fsp3) is 1.00. The van der Waals surface area contributed by atoms with Gasteiger partial charge >= 0.3 is 0 Å². The van der Waals surface area contributed by atoms with Crippen LogP contribution in [0.15, 0.2) is 0 Å². The third-order valence-electron chi connectivity index (χ3n) is 0.889. The smallest absolute Gasteiger partial charge is 0.0823 e. The molecule has 0 bridgehead atoms. The maximum absolute atomic E-state index is 7.62. The molecule has 4 heteroatoms. The summed E-state index contributed by atoms with van der Waals surface area (Å²) in [6.07, 6.45) is 2.31. The molecule has 2 N–H and O–H groups in total. The zero-order valence-electron chi connectivity index (χ0n) is 5.95. The Balaban J connectivity index is 0.000000180. The van der Waals surface area contributed by atoms with Gasteiger partial charge in [-0.15, -0.1) is 0 Å². The van der Waals surface area contributed by atoms with Crippen LogP contribution < -0.4 is 0 Å². The zero-order valence-corrected chi connectivity index (χ0v) is 5.95. The van der Waals surface area contributed by atoms with Crippen molar-refractivity contribution in [2.24, 2.45) is 0 Å². The molecule has 1 aliphatic rings. The molecule has 0 aromatic heterocycles. The van der Waals surface area contributed by atoms with Crippen molar-refractivity contribution < 1.29 is 20.0 Å². The van der Waals surface area contributed by atoms with Gasteiger partial charge in [0, 0.05) is 0 Å². The van der Waals surface area contributed by atoms with Gasteiger partial charge in [-0.1, -0.05) is 0 Å². The normalized spacial score (nSPS) is 17.4. The van der Waals surface area contributed by atoms with Gasteiger partial charge in [0.2, 0.25) is 0 Å². The molecule has 4 nitrogen and oxygen atoms in total. The molecule has 10 heavy (non-hydrogen) atoms. The topological polar surface area (TPSA) is 58.9 Å². The first kappa shape index (κ1) is 9.84. The van der Waals surface area contributed by atoms with E-state index < -0.39 is 0 Å². The second-order valence-corrected chi connectivity index (χ2v) is 1.80. The number of rotatable bonds is 1. The first-order chi connectivity index (χ1) is 4.91. The Bertz CT molecular complexity index is 40.2. The largest absolute Gasteiger partial charge is 0.394 e. The lowest BCUT2D eigenvalue weighted by Crippen LogP contribution is -2.05. The highest BCUT2D eigenvalue weighted by Crippen LogP contribution is 1.97. The average molecular weight is 150 g/mol. The summed E-state index contributed by atoms with van der Waals surface area (Å²) in [5.74, 6) is 0. The minimum atomic E-state index is -0.125. The number of aliphatic hydroxyl groups is 2. The molecule has 0 aromatic rings.